The van der Waals surface area contributed by atoms with Gasteiger partial charge in [-0.05, 0) is 42.2 Å². The number of anilines is 2. The minimum absolute atomic E-state index is 0.0864. The first-order valence-corrected chi connectivity index (χ1v) is 13.3. The zero-order valence-electron chi connectivity index (χ0n) is 21.4. The first-order chi connectivity index (χ1) is 18.9. The number of amides is 4. The summed E-state index contributed by atoms with van der Waals surface area (Å²) < 4.78 is 0. The van der Waals surface area contributed by atoms with Crippen molar-refractivity contribution >= 4 is 56.5 Å². The monoisotopic (exact) mass is 514 g/mol. The van der Waals surface area contributed by atoms with Crippen LogP contribution in [-0.4, -0.2) is 23.6 Å². The number of hydrogen-bond donors (Lipinski definition) is 0. The molecule has 4 aromatic rings. The van der Waals surface area contributed by atoms with Crippen molar-refractivity contribution in [1.82, 2.24) is 0 Å². The maximum absolute atomic E-state index is 13.8. The van der Waals surface area contributed by atoms with E-state index in [2.05, 4.69) is 0 Å². The van der Waals surface area contributed by atoms with Gasteiger partial charge in [0.2, 0.25) is 23.6 Å². The fraction of sp³-hybridized carbons (Fsp3) is 0.212. The van der Waals surface area contributed by atoms with E-state index in [1.54, 1.807) is 6.07 Å². The molecule has 0 radical (unpaired) electrons. The molecule has 2 saturated heterocycles. The highest BCUT2D eigenvalue weighted by molar-refractivity contribution is 6.26. The Labute approximate surface area is 225 Å². The second-order valence-electron chi connectivity index (χ2n) is 10.8. The molecule has 0 bridgehead atoms. The summed E-state index contributed by atoms with van der Waals surface area (Å²) in [6, 6.07) is 26.6. The van der Waals surface area contributed by atoms with Crippen LogP contribution >= 0.6 is 0 Å². The quantitative estimate of drug-likeness (QED) is 0.262. The Kier molecular flexibility index (Phi) is 5.27. The van der Waals surface area contributed by atoms with E-state index in [4.69, 9.17) is 0 Å². The number of imide groups is 2. The maximum atomic E-state index is 13.8. The average molecular weight is 515 g/mol. The van der Waals surface area contributed by atoms with Gasteiger partial charge in [0.15, 0.2) is 0 Å². The Balaban J connectivity index is 1.21. The van der Waals surface area contributed by atoms with Crippen molar-refractivity contribution in [2.45, 2.75) is 19.8 Å². The Hall–Kier alpha value is -4.58. The van der Waals surface area contributed by atoms with Crippen LogP contribution in [0.25, 0.3) is 21.5 Å². The van der Waals surface area contributed by atoms with Crippen molar-refractivity contribution in [3.8, 4) is 0 Å². The predicted molar refractivity (Wildman–Crippen MR) is 150 cm³/mol. The van der Waals surface area contributed by atoms with Gasteiger partial charge in [-0.3, -0.25) is 19.2 Å². The van der Waals surface area contributed by atoms with Gasteiger partial charge in [-0.2, -0.15) is 0 Å². The molecule has 0 spiro atoms. The number of rotatable bonds is 3. The van der Waals surface area contributed by atoms with Crippen LogP contribution in [0.15, 0.2) is 96.6 Å². The van der Waals surface area contributed by atoms with Gasteiger partial charge >= 0.3 is 0 Å². The molecule has 2 heterocycles. The lowest BCUT2D eigenvalue weighted by Gasteiger charge is -2.29. The van der Waals surface area contributed by atoms with Crippen molar-refractivity contribution < 1.29 is 19.2 Å². The molecule has 0 aromatic heterocycles. The SMILES string of the molecule is CC1=C[C@H]([C@@H]2CC(=O)N(c3cccc4ccccc34)C2=O)C[C@H]2C(=O)N(c3cccc4ccccc34)C(=O)[C@H]12. The Bertz CT molecular complexity index is 1740. The molecule has 1 aliphatic carbocycles. The van der Waals surface area contributed by atoms with Gasteiger partial charge in [-0.1, -0.05) is 84.4 Å². The van der Waals surface area contributed by atoms with Crippen molar-refractivity contribution in [2.24, 2.45) is 23.7 Å². The first-order valence-electron chi connectivity index (χ1n) is 13.3. The van der Waals surface area contributed by atoms with E-state index in [9.17, 15) is 19.2 Å². The van der Waals surface area contributed by atoms with Gasteiger partial charge < -0.3 is 0 Å². The summed E-state index contributed by atoms with van der Waals surface area (Å²) in [5, 5.41) is 3.61. The highest BCUT2D eigenvalue weighted by Crippen LogP contribution is 2.47. The molecule has 7 rings (SSSR count). The molecule has 3 aliphatic rings. The van der Waals surface area contributed by atoms with E-state index >= 15 is 0 Å². The molecule has 0 saturated carbocycles. The molecule has 192 valence electrons. The lowest BCUT2D eigenvalue weighted by molar-refractivity contribution is -0.125. The largest absolute Gasteiger partial charge is 0.274 e. The average Bonchev–Trinajstić information content (AvgIpc) is 3.39. The van der Waals surface area contributed by atoms with E-state index < -0.39 is 17.8 Å². The normalized spacial score (nSPS) is 25.1. The van der Waals surface area contributed by atoms with Crippen LogP contribution < -0.4 is 9.80 Å². The van der Waals surface area contributed by atoms with Crippen LogP contribution in [0.4, 0.5) is 11.4 Å². The standard InChI is InChI=1S/C33H26N2O4/c1-19-16-22(25-18-29(36)34(31(25)37)27-14-6-10-20-8-2-4-12-23(20)27)17-26-30(19)33(39)35(32(26)38)28-15-7-11-21-9-3-5-13-24(21)28/h2-16,22,25-26,30H,17-18H2,1H3/t22-,25-,26+,30+/m0/s1. The fourth-order valence-corrected chi connectivity index (χ4v) is 6.85. The second kappa shape index (κ2) is 8.73. The summed E-state index contributed by atoms with van der Waals surface area (Å²) in [6.07, 6.45) is 2.41. The first kappa shape index (κ1) is 23.5. The summed E-state index contributed by atoms with van der Waals surface area (Å²) in [5.74, 6) is -2.91. The third-order valence-corrected chi connectivity index (χ3v) is 8.63. The topological polar surface area (TPSA) is 74.8 Å². The Morgan fingerprint density at radius 1 is 0.615 bits per heavy atom. The Morgan fingerprint density at radius 2 is 1.15 bits per heavy atom. The predicted octanol–water partition coefficient (Wildman–Crippen LogP) is 5.64. The molecule has 2 aliphatic heterocycles. The maximum Gasteiger partial charge on any atom is 0.241 e. The molecule has 2 fully saturated rings. The summed E-state index contributed by atoms with van der Waals surface area (Å²) in [6.45, 7) is 1.87. The number of carbonyl (C=O) groups is 4. The van der Waals surface area contributed by atoms with E-state index in [0.29, 0.717) is 17.8 Å². The minimum Gasteiger partial charge on any atom is -0.274 e. The molecular weight excluding hydrogens is 488 g/mol. The van der Waals surface area contributed by atoms with Gasteiger partial charge in [0.25, 0.3) is 0 Å². The summed E-state index contributed by atoms with van der Waals surface area (Å²) in [4.78, 5) is 57.1. The highest BCUT2D eigenvalue weighted by Gasteiger charge is 2.54. The zero-order valence-corrected chi connectivity index (χ0v) is 21.4. The highest BCUT2D eigenvalue weighted by atomic mass is 16.2. The minimum atomic E-state index is -0.568. The van der Waals surface area contributed by atoms with Crippen molar-refractivity contribution in [1.29, 1.82) is 0 Å². The van der Waals surface area contributed by atoms with E-state index in [1.165, 1.54) is 9.80 Å². The molecule has 6 nitrogen and oxygen atoms in total. The molecule has 39 heavy (non-hydrogen) atoms. The molecule has 6 heteroatoms. The van der Waals surface area contributed by atoms with Crippen LogP contribution in [0, 0.1) is 23.7 Å². The van der Waals surface area contributed by atoms with E-state index in [0.717, 1.165) is 27.1 Å². The number of allylic oxidation sites excluding steroid dienone is 1. The van der Waals surface area contributed by atoms with Crippen LogP contribution in [0.5, 0.6) is 0 Å². The number of benzene rings is 4. The number of hydrogen-bond acceptors (Lipinski definition) is 4. The molecule has 4 atom stereocenters. The van der Waals surface area contributed by atoms with Crippen LogP contribution in [0.3, 0.4) is 0 Å². The van der Waals surface area contributed by atoms with Crippen molar-refractivity contribution in [3.05, 3.63) is 96.6 Å². The van der Waals surface area contributed by atoms with Gasteiger partial charge in [0.05, 0.1) is 29.1 Å². The third-order valence-electron chi connectivity index (χ3n) is 8.63. The lowest BCUT2D eigenvalue weighted by atomic mass is 9.71. The van der Waals surface area contributed by atoms with Gasteiger partial charge in [0.1, 0.15) is 0 Å². The summed E-state index contributed by atoms with van der Waals surface area (Å²) in [5.41, 5.74) is 1.98. The van der Waals surface area contributed by atoms with E-state index in [-0.39, 0.29) is 36.0 Å². The molecule has 4 amide bonds. The fourth-order valence-electron chi connectivity index (χ4n) is 6.85. The molecule has 4 aromatic carbocycles. The smallest absolute Gasteiger partial charge is 0.241 e. The number of fused-ring (bicyclic) bond motifs is 3. The van der Waals surface area contributed by atoms with Crippen LogP contribution in [-0.2, 0) is 19.2 Å². The van der Waals surface area contributed by atoms with Crippen LogP contribution in [0.1, 0.15) is 19.8 Å². The van der Waals surface area contributed by atoms with Crippen molar-refractivity contribution in [2.75, 3.05) is 9.80 Å². The van der Waals surface area contributed by atoms with E-state index in [1.807, 2.05) is 91.9 Å². The summed E-state index contributed by atoms with van der Waals surface area (Å²) in [7, 11) is 0. The number of nitrogens with zero attached hydrogens (tertiary/aromatic N) is 2. The van der Waals surface area contributed by atoms with Gasteiger partial charge in [0, 0.05) is 17.2 Å². The Morgan fingerprint density at radius 3 is 1.79 bits per heavy atom. The molecular formula is C33H26N2O4. The lowest BCUT2D eigenvalue weighted by Crippen LogP contribution is -2.35. The van der Waals surface area contributed by atoms with Gasteiger partial charge in [-0.25, -0.2) is 9.80 Å². The van der Waals surface area contributed by atoms with Crippen molar-refractivity contribution in [3.63, 3.8) is 0 Å². The zero-order chi connectivity index (χ0) is 26.8. The second-order valence-corrected chi connectivity index (χ2v) is 10.8. The van der Waals surface area contributed by atoms with Gasteiger partial charge in [-0.15, -0.1) is 0 Å². The third kappa shape index (κ3) is 3.48. The molecule has 0 unspecified atom stereocenters. The number of carbonyl (C=O) groups excluding carboxylic acids is 4. The van der Waals surface area contributed by atoms with Crippen LogP contribution in [0.2, 0.25) is 0 Å². The summed E-state index contributed by atoms with van der Waals surface area (Å²) >= 11 is 0. The molecule has 0 N–H and O–H groups in total.